The van der Waals surface area contributed by atoms with Gasteiger partial charge in [0, 0.05) is 13.1 Å². The maximum absolute atomic E-state index is 13.0. The average molecular weight is 382 g/mol. The van der Waals surface area contributed by atoms with Crippen molar-refractivity contribution in [2.24, 2.45) is 11.8 Å². The number of carbonyl (C=O) groups is 1. The molecule has 1 saturated heterocycles. The summed E-state index contributed by atoms with van der Waals surface area (Å²) >= 11 is 0. The number of piperidine rings is 1. The van der Waals surface area contributed by atoms with Gasteiger partial charge in [0.2, 0.25) is 0 Å². The molecule has 0 aromatic heterocycles. The van der Waals surface area contributed by atoms with Crippen molar-refractivity contribution >= 4 is 15.7 Å². The smallest absolute Gasteiger partial charge is 0.257 e. The number of carbonyl (C=O) groups excluding carboxylic acids is 1. The molecular formula is C20H31NO4S. The first kappa shape index (κ1) is 20.7. The van der Waals surface area contributed by atoms with Crippen molar-refractivity contribution in [3.63, 3.8) is 0 Å². The predicted molar refractivity (Wildman–Crippen MR) is 104 cm³/mol. The van der Waals surface area contributed by atoms with E-state index in [1.54, 1.807) is 18.1 Å². The number of likely N-dealkylation sites (tertiary alicyclic amines) is 1. The van der Waals surface area contributed by atoms with Gasteiger partial charge in [-0.1, -0.05) is 25.5 Å². The van der Waals surface area contributed by atoms with E-state index >= 15 is 0 Å². The Morgan fingerprint density at radius 1 is 1.35 bits per heavy atom. The first-order chi connectivity index (χ1) is 12.2. The Morgan fingerprint density at radius 2 is 2.08 bits per heavy atom. The first-order valence-corrected chi connectivity index (χ1v) is 11.2. The second-order valence-electron chi connectivity index (χ2n) is 7.76. The highest BCUT2D eigenvalue weighted by Crippen LogP contribution is 2.25. The molecule has 0 N–H and O–H groups in total. The van der Waals surface area contributed by atoms with Gasteiger partial charge in [0.1, 0.15) is 5.75 Å². The third-order valence-electron chi connectivity index (χ3n) is 4.89. The van der Waals surface area contributed by atoms with Crippen LogP contribution < -0.4 is 4.74 Å². The highest BCUT2D eigenvalue weighted by molar-refractivity contribution is 7.91. The van der Waals surface area contributed by atoms with Gasteiger partial charge in [0.05, 0.1) is 24.2 Å². The third kappa shape index (κ3) is 5.73. The van der Waals surface area contributed by atoms with Crippen molar-refractivity contribution in [1.29, 1.82) is 0 Å². The number of rotatable bonds is 7. The molecule has 0 bridgehead atoms. The number of methoxy groups -OCH3 is 1. The highest BCUT2D eigenvalue weighted by atomic mass is 32.2. The van der Waals surface area contributed by atoms with Gasteiger partial charge in [-0.3, -0.25) is 4.79 Å². The average Bonchev–Trinajstić information content (AvgIpc) is 2.59. The monoisotopic (exact) mass is 381 g/mol. The molecule has 0 aliphatic carbocycles. The molecule has 6 heteroatoms. The molecule has 2 rings (SSSR count). The van der Waals surface area contributed by atoms with Crippen LogP contribution in [0.25, 0.3) is 0 Å². The summed E-state index contributed by atoms with van der Waals surface area (Å²) in [4.78, 5) is 14.7. The molecule has 1 amide bonds. The molecular weight excluding hydrogens is 350 g/mol. The molecule has 1 aliphatic rings. The highest BCUT2D eigenvalue weighted by Gasteiger charge is 2.29. The number of benzene rings is 1. The van der Waals surface area contributed by atoms with E-state index in [9.17, 15) is 13.2 Å². The topological polar surface area (TPSA) is 63.7 Å². The Hall–Kier alpha value is -1.56. The number of hydrogen-bond donors (Lipinski definition) is 0. The summed E-state index contributed by atoms with van der Waals surface area (Å²) in [5.41, 5.74) is 1.55. The van der Waals surface area contributed by atoms with E-state index in [0.717, 1.165) is 18.4 Å². The maximum Gasteiger partial charge on any atom is 0.257 e. The van der Waals surface area contributed by atoms with Gasteiger partial charge < -0.3 is 9.64 Å². The number of nitrogens with zero attached hydrogens (tertiary/aromatic N) is 1. The first-order valence-electron chi connectivity index (χ1n) is 9.36. The minimum Gasteiger partial charge on any atom is -0.496 e. The Balaban J connectivity index is 2.06. The lowest BCUT2D eigenvalue weighted by atomic mass is 9.99. The van der Waals surface area contributed by atoms with Crippen LogP contribution in [0.2, 0.25) is 0 Å². The number of hydrogen-bond acceptors (Lipinski definition) is 4. The summed E-state index contributed by atoms with van der Waals surface area (Å²) in [5, 5.41) is 0. The lowest BCUT2D eigenvalue weighted by Gasteiger charge is -2.33. The molecule has 146 valence electrons. The minimum absolute atomic E-state index is 0.0145. The zero-order chi connectivity index (χ0) is 19.3. The van der Waals surface area contributed by atoms with E-state index < -0.39 is 9.84 Å². The van der Waals surface area contributed by atoms with E-state index in [1.165, 1.54) is 0 Å². The lowest BCUT2D eigenvalue weighted by molar-refractivity contribution is 0.0681. The number of sulfone groups is 1. The van der Waals surface area contributed by atoms with E-state index in [4.69, 9.17) is 4.74 Å². The van der Waals surface area contributed by atoms with Crippen molar-refractivity contribution < 1.29 is 17.9 Å². The molecule has 1 atom stereocenters. The van der Waals surface area contributed by atoms with E-state index in [1.807, 2.05) is 32.9 Å². The van der Waals surface area contributed by atoms with Crippen LogP contribution in [-0.4, -0.2) is 50.9 Å². The van der Waals surface area contributed by atoms with Crippen LogP contribution in [-0.2, 0) is 9.84 Å². The largest absolute Gasteiger partial charge is 0.496 e. The SMILES string of the molecule is COc1ccc(C)cc1C(=O)N1CCCC(CS(=O)(=O)CCC(C)C)C1. The van der Waals surface area contributed by atoms with Gasteiger partial charge in [-0.25, -0.2) is 8.42 Å². The molecule has 1 heterocycles. The summed E-state index contributed by atoms with van der Waals surface area (Å²) in [6.45, 7) is 7.17. The van der Waals surface area contributed by atoms with E-state index in [2.05, 4.69) is 0 Å². The molecule has 1 aliphatic heterocycles. The number of aryl methyl sites for hydroxylation is 1. The second kappa shape index (κ2) is 8.89. The van der Waals surface area contributed by atoms with Crippen molar-refractivity contribution in [2.45, 2.75) is 40.0 Å². The number of amides is 1. The summed E-state index contributed by atoms with van der Waals surface area (Å²) in [6.07, 6.45) is 2.39. The van der Waals surface area contributed by atoms with Crippen molar-refractivity contribution in [3.8, 4) is 5.75 Å². The zero-order valence-electron chi connectivity index (χ0n) is 16.3. The molecule has 26 heavy (non-hydrogen) atoms. The van der Waals surface area contributed by atoms with Crippen LogP contribution >= 0.6 is 0 Å². The molecule has 1 fully saturated rings. The second-order valence-corrected chi connectivity index (χ2v) is 9.99. The van der Waals surface area contributed by atoms with Crippen LogP contribution in [0, 0.1) is 18.8 Å². The molecule has 0 spiro atoms. The van der Waals surface area contributed by atoms with Gasteiger partial charge in [-0.2, -0.15) is 0 Å². The van der Waals surface area contributed by atoms with Crippen LogP contribution in [0.5, 0.6) is 5.75 Å². The standard InChI is InChI=1S/C20H31NO4S/c1-15(2)9-11-26(23,24)14-17-6-5-10-21(13-17)20(22)18-12-16(3)7-8-19(18)25-4/h7-8,12,15,17H,5-6,9-11,13-14H2,1-4H3. The van der Waals surface area contributed by atoms with E-state index in [-0.39, 0.29) is 23.3 Å². The zero-order valence-corrected chi connectivity index (χ0v) is 17.1. The minimum atomic E-state index is -3.07. The molecule has 1 aromatic carbocycles. The maximum atomic E-state index is 13.0. The van der Waals surface area contributed by atoms with Crippen LogP contribution in [0.1, 0.15) is 49.0 Å². The van der Waals surface area contributed by atoms with Gasteiger partial charge in [0.15, 0.2) is 9.84 Å². The van der Waals surface area contributed by atoms with Gasteiger partial charge in [-0.15, -0.1) is 0 Å². The third-order valence-corrected chi connectivity index (χ3v) is 6.72. The fourth-order valence-electron chi connectivity index (χ4n) is 3.40. The van der Waals surface area contributed by atoms with Crippen molar-refractivity contribution in [2.75, 3.05) is 31.7 Å². The molecule has 5 nitrogen and oxygen atoms in total. The molecule has 1 aromatic rings. The molecule has 0 saturated carbocycles. The summed E-state index contributed by atoms with van der Waals surface area (Å²) in [6, 6.07) is 5.56. The fourth-order valence-corrected chi connectivity index (χ4v) is 5.39. The normalized spacial score (nSPS) is 18.2. The lowest BCUT2D eigenvalue weighted by Crippen LogP contribution is -2.42. The summed E-state index contributed by atoms with van der Waals surface area (Å²) < 4.78 is 30.1. The Kier molecular flexibility index (Phi) is 7.09. The van der Waals surface area contributed by atoms with Gasteiger partial charge in [-0.05, 0) is 50.2 Å². The van der Waals surface area contributed by atoms with Gasteiger partial charge in [0.25, 0.3) is 5.91 Å². The molecule has 0 radical (unpaired) electrons. The van der Waals surface area contributed by atoms with Crippen LogP contribution in [0.15, 0.2) is 18.2 Å². The Labute approximate surface area is 157 Å². The Morgan fingerprint density at radius 3 is 2.73 bits per heavy atom. The predicted octanol–water partition coefficient (Wildman–Crippen LogP) is 3.32. The summed E-state index contributed by atoms with van der Waals surface area (Å²) in [7, 11) is -1.51. The van der Waals surface area contributed by atoms with Crippen LogP contribution in [0.4, 0.5) is 0 Å². The summed E-state index contributed by atoms with van der Waals surface area (Å²) in [5.74, 6) is 1.29. The van der Waals surface area contributed by atoms with Crippen molar-refractivity contribution in [1.82, 2.24) is 4.90 Å². The fraction of sp³-hybridized carbons (Fsp3) is 0.650. The Bertz CT molecular complexity index is 727. The molecule has 1 unspecified atom stereocenters. The van der Waals surface area contributed by atoms with Crippen molar-refractivity contribution in [3.05, 3.63) is 29.3 Å². The quantitative estimate of drug-likeness (QED) is 0.727. The van der Waals surface area contributed by atoms with Gasteiger partial charge >= 0.3 is 0 Å². The van der Waals surface area contributed by atoms with E-state index in [0.29, 0.717) is 36.7 Å². The number of ether oxygens (including phenoxy) is 1. The van der Waals surface area contributed by atoms with Crippen LogP contribution in [0.3, 0.4) is 0 Å².